The summed E-state index contributed by atoms with van der Waals surface area (Å²) in [7, 11) is 0. The third-order valence-electron chi connectivity index (χ3n) is 4.97. The smallest absolute Gasteiger partial charge is 0.309 e. The molecule has 1 aromatic carbocycles. The molecule has 0 radical (unpaired) electrons. The number of rotatable bonds is 5. The Balaban J connectivity index is 1.51. The van der Waals surface area contributed by atoms with E-state index < -0.39 is 0 Å². The molecule has 1 aliphatic heterocycles. The number of ether oxygens (including phenoxy) is 1. The summed E-state index contributed by atoms with van der Waals surface area (Å²) in [4.78, 5) is 24.6. The van der Waals surface area contributed by atoms with Crippen LogP contribution < -0.4 is 0 Å². The number of nitrogens with zero attached hydrogens (tertiary/aromatic N) is 2. The van der Waals surface area contributed by atoms with E-state index in [1.165, 1.54) is 5.01 Å². The molecule has 0 N–H and O–H groups in total. The van der Waals surface area contributed by atoms with Crippen molar-refractivity contribution in [1.82, 2.24) is 5.01 Å². The van der Waals surface area contributed by atoms with Gasteiger partial charge in [-0.05, 0) is 42.2 Å². The second kappa shape index (κ2) is 7.19. The molecule has 3 atom stereocenters. The first kappa shape index (κ1) is 17.8. The molecule has 140 valence electrons. The van der Waals surface area contributed by atoms with Gasteiger partial charge >= 0.3 is 5.97 Å². The van der Waals surface area contributed by atoms with Crippen molar-refractivity contribution < 1.29 is 18.7 Å². The van der Waals surface area contributed by atoms with Gasteiger partial charge < -0.3 is 9.15 Å². The highest BCUT2D eigenvalue weighted by Crippen LogP contribution is 2.39. The maximum atomic E-state index is 12.7. The summed E-state index contributed by atoms with van der Waals surface area (Å²) in [5.74, 6) is 0.210. The molecule has 0 saturated heterocycles. The molecular formula is C20H19ClN2O4. The Morgan fingerprint density at radius 3 is 2.67 bits per heavy atom. The molecule has 2 aliphatic rings. The van der Waals surface area contributed by atoms with Crippen LogP contribution in [0.3, 0.4) is 0 Å². The third kappa shape index (κ3) is 3.76. The maximum absolute atomic E-state index is 12.7. The number of carbonyl (C=O) groups excluding carboxylic acids is 2. The number of furan rings is 1. The molecule has 1 aliphatic carbocycles. The first-order valence-corrected chi connectivity index (χ1v) is 9.26. The average molecular weight is 387 g/mol. The van der Waals surface area contributed by atoms with Gasteiger partial charge in [-0.25, -0.2) is 5.01 Å². The molecule has 1 amide bonds. The van der Waals surface area contributed by atoms with Crippen molar-refractivity contribution in [3.8, 4) is 0 Å². The van der Waals surface area contributed by atoms with Crippen LogP contribution in [-0.4, -0.2) is 29.2 Å². The first-order valence-electron chi connectivity index (χ1n) is 8.88. The van der Waals surface area contributed by atoms with Gasteiger partial charge in [-0.2, -0.15) is 5.10 Å². The van der Waals surface area contributed by atoms with Gasteiger partial charge in [0, 0.05) is 11.4 Å². The Bertz CT molecular complexity index is 876. The Hall–Kier alpha value is -2.60. The number of halogens is 1. The second-order valence-electron chi connectivity index (χ2n) is 6.95. The van der Waals surface area contributed by atoms with Crippen molar-refractivity contribution in [2.24, 2.45) is 16.9 Å². The van der Waals surface area contributed by atoms with Gasteiger partial charge in [0.05, 0.1) is 17.9 Å². The highest BCUT2D eigenvalue weighted by Gasteiger charge is 2.41. The zero-order valence-electron chi connectivity index (χ0n) is 14.8. The Kier molecular flexibility index (Phi) is 4.74. The Morgan fingerprint density at radius 2 is 2.04 bits per heavy atom. The monoisotopic (exact) mass is 386 g/mol. The van der Waals surface area contributed by atoms with Gasteiger partial charge in [-0.3, -0.25) is 9.59 Å². The summed E-state index contributed by atoms with van der Waals surface area (Å²) in [6, 6.07) is 10.5. The zero-order chi connectivity index (χ0) is 19.0. The maximum Gasteiger partial charge on any atom is 0.309 e. The molecule has 2 aromatic rings. The van der Waals surface area contributed by atoms with Gasteiger partial charge in [-0.1, -0.05) is 30.7 Å². The fraction of sp³-hybridized carbons (Fsp3) is 0.350. The number of hydrogen-bond donors (Lipinski definition) is 0. The van der Waals surface area contributed by atoms with Crippen LogP contribution in [0.1, 0.15) is 37.1 Å². The molecule has 6 nitrogen and oxygen atoms in total. The highest BCUT2D eigenvalue weighted by atomic mass is 35.5. The number of hydrogen-bond acceptors (Lipinski definition) is 5. The molecule has 7 heteroatoms. The highest BCUT2D eigenvalue weighted by molar-refractivity contribution is 6.30. The lowest BCUT2D eigenvalue weighted by atomic mass is 10.0. The number of benzene rings is 1. The van der Waals surface area contributed by atoms with Crippen LogP contribution >= 0.6 is 11.6 Å². The Morgan fingerprint density at radius 1 is 1.30 bits per heavy atom. The van der Waals surface area contributed by atoms with E-state index in [9.17, 15) is 9.59 Å². The van der Waals surface area contributed by atoms with Crippen LogP contribution in [0, 0.1) is 11.8 Å². The predicted molar refractivity (Wildman–Crippen MR) is 99.1 cm³/mol. The summed E-state index contributed by atoms with van der Waals surface area (Å²) in [5, 5.41) is 6.47. The van der Waals surface area contributed by atoms with Crippen molar-refractivity contribution in [1.29, 1.82) is 0 Å². The SMILES string of the molecule is C[C@@H]1C[C@@H]1C(=O)OCC(=O)N1N=C(c2ccc(Cl)cc2)C[C@@H]1c1ccco1. The summed E-state index contributed by atoms with van der Waals surface area (Å²) in [5.41, 5.74) is 1.64. The van der Waals surface area contributed by atoms with Crippen LogP contribution in [0.5, 0.6) is 0 Å². The molecule has 1 saturated carbocycles. The third-order valence-corrected chi connectivity index (χ3v) is 5.22. The van der Waals surface area contributed by atoms with E-state index in [1.807, 2.05) is 25.1 Å². The van der Waals surface area contributed by atoms with Crippen molar-refractivity contribution in [2.45, 2.75) is 25.8 Å². The number of hydrazone groups is 1. The van der Waals surface area contributed by atoms with Crippen molar-refractivity contribution >= 4 is 29.2 Å². The summed E-state index contributed by atoms with van der Waals surface area (Å²) < 4.78 is 10.7. The minimum Gasteiger partial charge on any atom is -0.467 e. The quantitative estimate of drug-likeness (QED) is 0.732. The topological polar surface area (TPSA) is 72.1 Å². The standard InChI is InChI=1S/C20H19ClN2O4/c1-12-9-15(12)20(25)27-11-19(24)23-17(18-3-2-8-26-18)10-16(22-23)13-4-6-14(21)7-5-13/h2-8,12,15,17H,9-11H2,1H3/t12-,15+,17-/m1/s1. The zero-order valence-corrected chi connectivity index (χ0v) is 15.6. The largest absolute Gasteiger partial charge is 0.467 e. The minimum atomic E-state index is -0.373. The summed E-state index contributed by atoms with van der Waals surface area (Å²) >= 11 is 5.95. The first-order chi connectivity index (χ1) is 13.0. The van der Waals surface area contributed by atoms with Crippen LogP contribution in [0.2, 0.25) is 5.02 Å². The van der Waals surface area contributed by atoms with Crippen LogP contribution in [0.25, 0.3) is 0 Å². The fourth-order valence-corrected chi connectivity index (χ4v) is 3.34. The molecule has 2 heterocycles. The summed E-state index contributed by atoms with van der Waals surface area (Å²) in [6.45, 7) is 1.67. The molecule has 1 fully saturated rings. The van der Waals surface area contributed by atoms with E-state index in [4.69, 9.17) is 20.8 Å². The van der Waals surface area contributed by atoms with E-state index in [2.05, 4.69) is 5.10 Å². The van der Waals surface area contributed by atoms with Gasteiger partial charge in [0.2, 0.25) is 0 Å². The molecule has 4 rings (SSSR count). The lowest BCUT2D eigenvalue weighted by molar-refractivity contribution is -0.154. The van der Waals surface area contributed by atoms with Gasteiger partial charge in [-0.15, -0.1) is 0 Å². The van der Waals surface area contributed by atoms with Gasteiger partial charge in [0.25, 0.3) is 5.91 Å². The molecule has 1 aromatic heterocycles. The van der Waals surface area contributed by atoms with Gasteiger partial charge in [0.15, 0.2) is 6.61 Å². The molecule has 0 spiro atoms. The van der Waals surface area contributed by atoms with Crippen LogP contribution in [-0.2, 0) is 14.3 Å². The number of amides is 1. The van der Waals surface area contributed by atoms with Crippen LogP contribution in [0.4, 0.5) is 0 Å². The average Bonchev–Trinajstić information content (AvgIpc) is 3.08. The lowest BCUT2D eigenvalue weighted by Crippen LogP contribution is -2.31. The van der Waals surface area contributed by atoms with E-state index in [1.54, 1.807) is 24.5 Å². The normalized spacial score (nSPS) is 23.9. The van der Waals surface area contributed by atoms with Crippen molar-refractivity contribution in [2.75, 3.05) is 6.61 Å². The lowest BCUT2D eigenvalue weighted by Gasteiger charge is -2.19. The second-order valence-corrected chi connectivity index (χ2v) is 7.39. The molecular weight excluding hydrogens is 368 g/mol. The van der Waals surface area contributed by atoms with E-state index in [-0.39, 0.29) is 30.4 Å². The van der Waals surface area contributed by atoms with E-state index >= 15 is 0 Å². The summed E-state index contributed by atoms with van der Waals surface area (Å²) in [6.07, 6.45) is 2.89. The fourth-order valence-electron chi connectivity index (χ4n) is 3.22. The van der Waals surface area contributed by atoms with E-state index in [0.717, 1.165) is 17.7 Å². The Labute approximate surface area is 161 Å². The predicted octanol–water partition coefficient (Wildman–Crippen LogP) is 3.81. The molecule has 0 unspecified atom stereocenters. The van der Waals surface area contributed by atoms with Crippen LogP contribution in [0.15, 0.2) is 52.2 Å². The van der Waals surface area contributed by atoms with E-state index in [0.29, 0.717) is 23.1 Å². The number of carbonyl (C=O) groups is 2. The minimum absolute atomic E-state index is 0.0784. The molecule has 27 heavy (non-hydrogen) atoms. The van der Waals surface area contributed by atoms with Gasteiger partial charge in [0.1, 0.15) is 11.8 Å². The molecule has 0 bridgehead atoms. The van der Waals surface area contributed by atoms with Crippen molar-refractivity contribution in [3.63, 3.8) is 0 Å². The van der Waals surface area contributed by atoms with Crippen molar-refractivity contribution in [3.05, 3.63) is 59.0 Å². The number of esters is 1.